The highest BCUT2D eigenvalue weighted by Crippen LogP contribution is 2.20. The fraction of sp³-hybridized carbons (Fsp3) is 0.615. The van der Waals surface area contributed by atoms with Gasteiger partial charge in [-0.1, -0.05) is 20.8 Å². The molecule has 102 valence electrons. The fourth-order valence-electron chi connectivity index (χ4n) is 1.38. The third-order valence-corrected chi connectivity index (χ3v) is 3.16. The normalized spacial score (nSPS) is 13.3. The Kier molecular flexibility index (Phi) is 5.78. The number of hydrogen-bond acceptors (Lipinski definition) is 4. The zero-order chi connectivity index (χ0) is 13.6. The van der Waals surface area contributed by atoms with Crippen molar-refractivity contribution in [2.45, 2.75) is 26.9 Å². The Bertz CT molecular complexity index is 357. The third-order valence-electron chi connectivity index (χ3n) is 2.45. The molecule has 0 spiro atoms. The minimum atomic E-state index is -0.407. The molecule has 2 N–H and O–H groups in total. The Morgan fingerprint density at radius 3 is 2.78 bits per heavy atom. The summed E-state index contributed by atoms with van der Waals surface area (Å²) in [7, 11) is 0. The number of nitrogens with one attached hydrogen (secondary N) is 1. The monoisotopic (exact) mass is 271 g/mol. The number of carbonyl (C=O) groups excluding carboxylic acids is 1. The van der Waals surface area contributed by atoms with Gasteiger partial charge in [-0.2, -0.15) is 11.3 Å². The van der Waals surface area contributed by atoms with Crippen LogP contribution in [0.4, 0.5) is 0 Å². The van der Waals surface area contributed by atoms with Crippen molar-refractivity contribution in [2.24, 2.45) is 5.41 Å². The van der Waals surface area contributed by atoms with Crippen molar-refractivity contribution in [3.05, 3.63) is 22.4 Å². The molecule has 1 aromatic rings. The lowest BCUT2D eigenvalue weighted by molar-refractivity contribution is -0.129. The molecule has 5 heteroatoms. The van der Waals surface area contributed by atoms with Crippen molar-refractivity contribution < 1.29 is 14.6 Å². The van der Waals surface area contributed by atoms with Crippen molar-refractivity contribution >= 4 is 17.2 Å². The van der Waals surface area contributed by atoms with Gasteiger partial charge in [0.2, 0.25) is 5.91 Å². The SMILES string of the molecule is CC(C)(C)C(=O)NC[C@H](OCCO)c1ccsc1. The molecule has 1 amide bonds. The van der Waals surface area contributed by atoms with Crippen LogP contribution in [0, 0.1) is 5.41 Å². The minimum Gasteiger partial charge on any atom is -0.394 e. The standard InChI is InChI=1S/C13H21NO3S/c1-13(2,3)12(16)14-8-11(17-6-5-15)10-4-7-18-9-10/h4,7,9,11,15H,5-6,8H2,1-3H3,(H,14,16)/t11-/m0/s1. The van der Waals surface area contributed by atoms with Crippen LogP contribution in [0.1, 0.15) is 32.4 Å². The summed E-state index contributed by atoms with van der Waals surface area (Å²) in [6.45, 7) is 6.29. The maximum absolute atomic E-state index is 11.8. The zero-order valence-electron chi connectivity index (χ0n) is 11.1. The predicted molar refractivity (Wildman–Crippen MR) is 72.6 cm³/mol. The van der Waals surface area contributed by atoms with Crippen LogP contribution in [-0.4, -0.2) is 30.8 Å². The number of aliphatic hydroxyl groups is 1. The average Bonchev–Trinajstić information content (AvgIpc) is 2.81. The van der Waals surface area contributed by atoms with Gasteiger partial charge in [0, 0.05) is 12.0 Å². The summed E-state index contributed by atoms with van der Waals surface area (Å²) in [5.41, 5.74) is 0.624. The molecular formula is C13H21NO3S. The molecule has 0 saturated heterocycles. The number of thiophene rings is 1. The highest BCUT2D eigenvalue weighted by atomic mass is 32.1. The van der Waals surface area contributed by atoms with E-state index in [1.807, 2.05) is 37.6 Å². The van der Waals surface area contributed by atoms with Crippen LogP contribution >= 0.6 is 11.3 Å². The summed E-state index contributed by atoms with van der Waals surface area (Å²) in [5.74, 6) is -0.00433. The topological polar surface area (TPSA) is 58.6 Å². The van der Waals surface area contributed by atoms with Crippen molar-refractivity contribution in [3.63, 3.8) is 0 Å². The van der Waals surface area contributed by atoms with Crippen LogP contribution < -0.4 is 5.32 Å². The number of ether oxygens (including phenoxy) is 1. The molecule has 4 nitrogen and oxygen atoms in total. The summed E-state index contributed by atoms with van der Waals surface area (Å²) in [4.78, 5) is 11.8. The Balaban J connectivity index is 2.55. The van der Waals surface area contributed by atoms with Crippen LogP contribution in [0.5, 0.6) is 0 Å². The van der Waals surface area contributed by atoms with Gasteiger partial charge >= 0.3 is 0 Å². The van der Waals surface area contributed by atoms with Crippen molar-refractivity contribution in [1.82, 2.24) is 5.32 Å². The Labute approximate surface area is 112 Å². The Morgan fingerprint density at radius 1 is 1.56 bits per heavy atom. The maximum Gasteiger partial charge on any atom is 0.225 e. The molecule has 0 fully saturated rings. The van der Waals surface area contributed by atoms with E-state index in [0.29, 0.717) is 6.54 Å². The molecule has 18 heavy (non-hydrogen) atoms. The third kappa shape index (κ3) is 4.76. The first-order chi connectivity index (χ1) is 8.45. The Hall–Kier alpha value is -0.910. The van der Waals surface area contributed by atoms with Crippen molar-refractivity contribution in [1.29, 1.82) is 0 Å². The largest absolute Gasteiger partial charge is 0.394 e. The predicted octanol–water partition coefficient (Wildman–Crippen LogP) is 1.96. The van der Waals surface area contributed by atoms with Gasteiger partial charge < -0.3 is 15.2 Å². The molecule has 0 unspecified atom stereocenters. The van der Waals surface area contributed by atoms with Gasteiger partial charge in [-0.3, -0.25) is 4.79 Å². The van der Waals surface area contributed by atoms with Gasteiger partial charge in [0.1, 0.15) is 6.10 Å². The highest BCUT2D eigenvalue weighted by molar-refractivity contribution is 7.07. The number of carbonyl (C=O) groups is 1. The second-order valence-corrected chi connectivity index (χ2v) is 5.88. The van der Waals surface area contributed by atoms with E-state index in [9.17, 15) is 4.79 Å². The summed E-state index contributed by atoms with van der Waals surface area (Å²) in [5, 5.41) is 15.6. The first-order valence-corrected chi connectivity index (χ1v) is 6.92. The first-order valence-electron chi connectivity index (χ1n) is 5.98. The molecule has 0 aliphatic carbocycles. The molecular weight excluding hydrogens is 250 g/mol. The number of hydrogen-bond donors (Lipinski definition) is 2. The van der Waals surface area contributed by atoms with Crippen molar-refractivity contribution in [3.8, 4) is 0 Å². The molecule has 0 bridgehead atoms. The Morgan fingerprint density at radius 2 is 2.28 bits per heavy atom. The lowest BCUT2D eigenvalue weighted by Crippen LogP contribution is -2.37. The molecule has 1 rings (SSSR count). The average molecular weight is 271 g/mol. The van der Waals surface area contributed by atoms with Gasteiger partial charge in [-0.05, 0) is 22.4 Å². The van der Waals surface area contributed by atoms with E-state index in [-0.39, 0.29) is 25.2 Å². The molecule has 0 aliphatic rings. The van der Waals surface area contributed by atoms with Crippen LogP contribution in [-0.2, 0) is 9.53 Å². The van der Waals surface area contributed by atoms with E-state index >= 15 is 0 Å². The second-order valence-electron chi connectivity index (χ2n) is 5.10. The lowest BCUT2D eigenvalue weighted by atomic mass is 9.95. The smallest absolute Gasteiger partial charge is 0.225 e. The summed E-state index contributed by atoms with van der Waals surface area (Å²) >= 11 is 1.59. The lowest BCUT2D eigenvalue weighted by Gasteiger charge is -2.21. The molecule has 0 aromatic carbocycles. The summed E-state index contributed by atoms with van der Waals surface area (Å²) in [6.07, 6.45) is -0.199. The van der Waals surface area contributed by atoms with Gasteiger partial charge in [-0.25, -0.2) is 0 Å². The minimum absolute atomic E-state index is 0.00433. The van der Waals surface area contributed by atoms with E-state index in [2.05, 4.69) is 5.32 Å². The summed E-state index contributed by atoms with van der Waals surface area (Å²) in [6, 6.07) is 1.97. The van der Waals surface area contributed by atoms with Gasteiger partial charge in [0.15, 0.2) is 0 Å². The van der Waals surface area contributed by atoms with Crippen LogP contribution in [0.15, 0.2) is 16.8 Å². The van der Waals surface area contributed by atoms with Crippen molar-refractivity contribution in [2.75, 3.05) is 19.8 Å². The molecule has 0 radical (unpaired) electrons. The van der Waals surface area contributed by atoms with Gasteiger partial charge in [0.25, 0.3) is 0 Å². The molecule has 1 aromatic heterocycles. The van der Waals surface area contributed by atoms with Gasteiger partial charge in [0.05, 0.1) is 13.2 Å². The van der Waals surface area contributed by atoms with E-state index in [1.54, 1.807) is 11.3 Å². The van der Waals surface area contributed by atoms with Gasteiger partial charge in [-0.15, -0.1) is 0 Å². The number of aliphatic hydroxyl groups excluding tert-OH is 1. The highest BCUT2D eigenvalue weighted by Gasteiger charge is 2.22. The van der Waals surface area contributed by atoms with E-state index in [4.69, 9.17) is 9.84 Å². The van der Waals surface area contributed by atoms with Crippen LogP contribution in [0.3, 0.4) is 0 Å². The summed E-state index contributed by atoms with van der Waals surface area (Å²) < 4.78 is 5.54. The van der Waals surface area contributed by atoms with E-state index < -0.39 is 5.41 Å². The van der Waals surface area contributed by atoms with Crippen LogP contribution in [0.2, 0.25) is 0 Å². The molecule has 1 heterocycles. The van der Waals surface area contributed by atoms with E-state index in [1.165, 1.54) is 0 Å². The number of amides is 1. The zero-order valence-corrected chi connectivity index (χ0v) is 11.9. The molecule has 0 aliphatic heterocycles. The maximum atomic E-state index is 11.8. The number of rotatable bonds is 6. The fourth-order valence-corrected chi connectivity index (χ4v) is 2.08. The second kappa shape index (κ2) is 6.87. The first kappa shape index (κ1) is 15.1. The van der Waals surface area contributed by atoms with E-state index in [0.717, 1.165) is 5.56 Å². The molecule has 1 atom stereocenters. The van der Waals surface area contributed by atoms with Crippen LogP contribution in [0.25, 0.3) is 0 Å². The quantitative estimate of drug-likeness (QED) is 0.831. The molecule has 0 saturated carbocycles.